The van der Waals surface area contributed by atoms with Gasteiger partial charge in [0.2, 0.25) is 5.88 Å². The highest BCUT2D eigenvalue weighted by molar-refractivity contribution is 7.89. The fourth-order valence-electron chi connectivity index (χ4n) is 1.47. The van der Waals surface area contributed by atoms with Crippen molar-refractivity contribution in [2.24, 2.45) is 0 Å². The Morgan fingerprint density at radius 2 is 2.12 bits per heavy atom. The van der Waals surface area contributed by atoms with E-state index in [-0.39, 0.29) is 5.75 Å². The molecule has 2 aromatic heterocycles. The first-order valence-electron chi connectivity index (χ1n) is 5.14. The van der Waals surface area contributed by atoms with Crippen LogP contribution in [0.1, 0.15) is 12.7 Å². The van der Waals surface area contributed by atoms with Crippen molar-refractivity contribution in [1.29, 1.82) is 0 Å². The average molecular weight is 255 g/mol. The predicted octanol–water partition coefficient (Wildman–Crippen LogP) is 0.901. The summed E-state index contributed by atoms with van der Waals surface area (Å²) in [6.45, 7) is 2.39. The van der Waals surface area contributed by atoms with Crippen LogP contribution in [0.15, 0.2) is 12.1 Å². The number of aromatic nitrogens is 3. The number of nitrogens with one attached hydrogen (secondary N) is 1. The Morgan fingerprint density at radius 3 is 2.76 bits per heavy atom. The molecule has 0 spiro atoms. The molecule has 0 aliphatic heterocycles. The lowest BCUT2D eigenvalue weighted by molar-refractivity contribution is 0.328. The van der Waals surface area contributed by atoms with Crippen molar-refractivity contribution in [1.82, 2.24) is 15.0 Å². The maximum Gasteiger partial charge on any atom is 0.215 e. The molecule has 1 N–H and O–H groups in total. The van der Waals surface area contributed by atoms with E-state index in [1.807, 2.05) is 6.92 Å². The van der Waals surface area contributed by atoms with Crippen LogP contribution in [0, 0.1) is 0 Å². The third-order valence-corrected chi connectivity index (χ3v) is 2.86. The van der Waals surface area contributed by atoms with E-state index in [0.29, 0.717) is 29.5 Å². The van der Waals surface area contributed by atoms with Gasteiger partial charge in [-0.15, -0.1) is 0 Å². The summed E-state index contributed by atoms with van der Waals surface area (Å²) in [6.07, 6.45) is 1.17. The van der Waals surface area contributed by atoms with Crippen LogP contribution in [0.2, 0.25) is 0 Å². The Morgan fingerprint density at radius 1 is 1.35 bits per heavy atom. The van der Waals surface area contributed by atoms with E-state index in [1.165, 1.54) is 6.26 Å². The number of aromatic amines is 1. The normalized spacial score (nSPS) is 11.9. The lowest BCUT2D eigenvalue weighted by Crippen LogP contribution is -2.02. The van der Waals surface area contributed by atoms with Gasteiger partial charge in [-0.1, -0.05) is 0 Å². The minimum Gasteiger partial charge on any atom is -0.478 e. The Labute approximate surface area is 99.0 Å². The van der Waals surface area contributed by atoms with Crippen molar-refractivity contribution < 1.29 is 13.2 Å². The fourth-order valence-corrected chi connectivity index (χ4v) is 2.10. The highest BCUT2D eigenvalue weighted by Gasteiger charge is 2.10. The van der Waals surface area contributed by atoms with Gasteiger partial charge in [-0.05, 0) is 13.0 Å². The van der Waals surface area contributed by atoms with Crippen LogP contribution in [-0.2, 0) is 15.6 Å². The molecule has 0 aliphatic rings. The number of ether oxygens (including phenoxy) is 1. The summed E-state index contributed by atoms with van der Waals surface area (Å²) in [4.78, 5) is 11.2. The number of nitrogens with zero attached hydrogens (tertiary/aromatic N) is 2. The lowest BCUT2D eigenvalue weighted by atomic mass is 10.4. The lowest BCUT2D eigenvalue weighted by Gasteiger charge is -1.99. The molecule has 7 heteroatoms. The molecule has 0 amide bonds. The Hall–Kier alpha value is -1.63. The van der Waals surface area contributed by atoms with Crippen LogP contribution in [0.25, 0.3) is 11.2 Å². The summed E-state index contributed by atoms with van der Waals surface area (Å²) >= 11 is 0. The molecule has 2 aromatic rings. The number of fused-ring (bicyclic) bond motifs is 1. The quantitative estimate of drug-likeness (QED) is 0.877. The van der Waals surface area contributed by atoms with Crippen molar-refractivity contribution in [3.63, 3.8) is 0 Å². The maximum absolute atomic E-state index is 11.1. The topological polar surface area (TPSA) is 84.9 Å². The van der Waals surface area contributed by atoms with Gasteiger partial charge in [0.1, 0.15) is 11.6 Å². The summed E-state index contributed by atoms with van der Waals surface area (Å²) in [5.74, 6) is 0.758. The van der Waals surface area contributed by atoms with E-state index in [0.717, 1.165) is 0 Å². The zero-order valence-electron chi connectivity index (χ0n) is 9.60. The Bertz CT molecular complexity index is 633. The number of imidazole rings is 1. The summed E-state index contributed by atoms with van der Waals surface area (Å²) in [7, 11) is -3.10. The molecule has 0 unspecified atom stereocenters. The van der Waals surface area contributed by atoms with Crippen molar-refractivity contribution >= 4 is 21.0 Å². The monoisotopic (exact) mass is 255 g/mol. The molecule has 0 bridgehead atoms. The Balaban J connectivity index is 2.37. The average Bonchev–Trinajstić information content (AvgIpc) is 2.56. The number of sulfone groups is 1. The SMILES string of the molecule is CCOc1ccc2[nH]c(CS(C)(=O)=O)nc2n1. The molecule has 0 radical (unpaired) electrons. The second-order valence-corrected chi connectivity index (χ2v) is 5.85. The summed E-state index contributed by atoms with van der Waals surface area (Å²) < 4.78 is 27.5. The van der Waals surface area contributed by atoms with E-state index < -0.39 is 9.84 Å². The summed E-state index contributed by atoms with van der Waals surface area (Å²) in [5.41, 5.74) is 1.17. The molecular weight excluding hydrogens is 242 g/mol. The van der Waals surface area contributed by atoms with Crippen LogP contribution >= 0.6 is 0 Å². The highest BCUT2D eigenvalue weighted by atomic mass is 32.2. The summed E-state index contributed by atoms with van der Waals surface area (Å²) in [5, 5.41) is 0. The van der Waals surface area contributed by atoms with E-state index >= 15 is 0 Å². The molecule has 0 aromatic carbocycles. The number of pyridine rings is 1. The van der Waals surface area contributed by atoms with Gasteiger partial charge in [0.05, 0.1) is 12.1 Å². The molecule has 6 nitrogen and oxygen atoms in total. The Kier molecular flexibility index (Phi) is 3.01. The van der Waals surface area contributed by atoms with Crippen molar-refractivity contribution in [3.05, 3.63) is 18.0 Å². The summed E-state index contributed by atoms with van der Waals surface area (Å²) in [6, 6.07) is 3.49. The minimum absolute atomic E-state index is 0.118. The second-order valence-electron chi connectivity index (χ2n) is 3.71. The van der Waals surface area contributed by atoms with E-state index in [2.05, 4.69) is 15.0 Å². The number of hydrogen-bond donors (Lipinski definition) is 1. The molecule has 0 saturated carbocycles. The van der Waals surface area contributed by atoms with Crippen LogP contribution in [0.4, 0.5) is 0 Å². The smallest absolute Gasteiger partial charge is 0.215 e. The van der Waals surface area contributed by atoms with Crippen LogP contribution in [-0.4, -0.2) is 36.2 Å². The van der Waals surface area contributed by atoms with Gasteiger partial charge in [0, 0.05) is 12.3 Å². The van der Waals surface area contributed by atoms with E-state index in [9.17, 15) is 8.42 Å². The first kappa shape index (κ1) is 11.8. The number of hydrogen-bond acceptors (Lipinski definition) is 5. The molecule has 92 valence electrons. The third-order valence-electron chi connectivity index (χ3n) is 2.06. The first-order valence-corrected chi connectivity index (χ1v) is 7.20. The van der Waals surface area contributed by atoms with Crippen LogP contribution < -0.4 is 4.74 Å². The molecule has 2 rings (SSSR count). The molecule has 17 heavy (non-hydrogen) atoms. The molecule has 2 heterocycles. The van der Waals surface area contributed by atoms with Gasteiger partial charge >= 0.3 is 0 Å². The molecule has 0 aliphatic carbocycles. The van der Waals surface area contributed by atoms with Crippen molar-refractivity contribution in [3.8, 4) is 5.88 Å². The van der Waals surface area contributed by atoms with Gasteiger partial charge < -0.3 is 9.72 Å². The fraction of sp³-hybridized carbons (Fsp3) is 0.400. The third kappa shape index (κ3) is 2.94. The second kappa shape index (κ2) is 4.33. The molecular formula is C10H13N3O3S. The standard InChI is InChI=1S/C10H13N3O3S/c1-3-16-9-5-4-7-10(13-9)12-8(11-7)6-17(2,14)15/h4-5H,3,6H2,1-2H3,(H,11,12,13). The van der Waals surface area contributed by atoms with Crippen LogP contribution in [0.3, 0.4) is 0 Å². The van der Waals surface area contributed by atoms with E-state index in [4.69, 9.17) is 4.74 Å². The first-order chi connectivity index (χ1) is 7.98. The zero-order valence-corrected chi connectivity index (χ0v) is 10.4. The molecule has 0 fully saturated rings. The zero-order chi connectivity index (χ0) is 12.5. The van der Waals surface area contributed by atoms with Gasteiger partial charge in [-0.2, -0.15) is 4.98 Å². The molecule has 0 saturated heterocycles. The molecule has 0 atom stereocenters. The maximum atomic E-state index is 11.1. The number of H-pyrrole nitrogens is 1. The van der Waals surface area contributed by atoms with Gasteiger partial charge in [-0.3, -0.25) is 0 Å². The number of rotatable bonds is 4. The van der Waals surface area contributed by atoms with Gasteiger partial charge in [0.25, 0.3) is 0 Å². The van der Waals surface area contributed by atoms with Gasteiger partial charge in [-0.25, -0.2) is 13.4 Å². The largest absolute Gasteiger partial charge is 0.478 e. The minimum atomic E-state index is -3.10. The predicted molar refractivity (Wildman–Crippen MR) is 63.6 cm³/mol. The van der Waals surface area contributed by atoms with Crippen molar-refractivity contribution in [2.75, 3.05) is 12.9 Å². The van der Waals surface area contributed by atoms with Gasteiger partial charge in [0.15, 0.2) is 15.5 Å². The van der Waals surface area contributed by atoms with E-state index in [1.54, 1.807) is 12.1 Å². The van der Waals surface area contributed by atoms with Crippen molar-refractivity contribution in [2.45, 2.75) is 12.7 Å². The van der Waals surface area contributed by atoms with Crippen LogP contribution in [0.5, 0.6) is 5.88 Å². The highest BCUT2D eigenvalue weighted by Crippen LogP contribution is 2.15.